The Balaban J connectivity index is -0.0000000250. The van der Waals surface area contributed by atoms with Crippen molar-refractivity contribution >= 4 is 0 Å². The molecular weight excluding hydrogens is 548 g/mol. The van der Waals surface area contributed by atoms with E-state index in [0.29, 0.717) is 0 Å². The summed E-state index contributed by atoms with van der Waals surface area (Å²) in [7, 11) is -14.3. The van der Waals surface area contributed by atoms with E-state index >= 15 is 0 Å². The van der Waals surface area contributed by atoms with Gasteiger partial charge in [-0.25, -0.2) is 0 Å². The van der Waals surface area contributed by atoms with Crippen LogP contribution in [0.15, 0.2) is 0 Å². The molecule has 0 fully saturated rings. The van der Waals surface area contributed by atoms with Gasteiger partial charge in [0, 0.05) is 0 Å². The standard InChI is InChI=1S/5ClO3.K.Zr/c5*2-1(3)4;;/q5*-1;+1;+4. The van der Waals surface area contributed by atoms with E-state index in [1.165, 1.54) is 0 Å². The maximum absolute atomic E-state index is 8.41. The van der Waals surface area contributed by atoms with Gasteiger partial charge in [0.15, 0.2) is 0 Å². The van der Waals surface area contributed by atoms with Crippen LogP contribution < -0.4 is 121 Å². The number of halogens is 5. The average molecular weight is 548 g/mol. The maximum Gasteiger partial charge on any atom is 4.00 e. The predicted molar refractivity (Wildman–Crippen MR) is 0 cm³/mol. The molecule has 0 heterocycles. The van der Waals surface area contributed by atoms with Crippen molar-refractivity contribution in [3.8, 4) is 0 Å². The molecule has 0 aromatic carbocycles. The summed E-state index contributed by atoms with van der Waals surface area (Å²) in [5.74, 6) is 0. The zero-order chi connectivity index (χ0) is 17.9. The van der Waals surface area contributed by atoms with Gasteiger partial charge in [-0.15, -0.1) is 0 Å². The van der Waals surface area contributed by atoms with Crippen LogP contribution >= 0.6 is 0 Å². The molecule has 0 N–H and O–H groups in total. The monoisotopic (exact) mass is 544 g/mol. The molecule has 22 heavy (non-hydrogen) atoms. The fourth-order valence-electron chi connectivity index (χ4n) is 0. The summed E-state index contributed by atoms with van der Waals surface area (Å²) in [5, 5.41) is 0. The normalized spacial score (nSPS) is 8.18. The summed E-state index contributed by atoms with van der Waals surface area (Å²) in [6.45, 7) is 0. The zero-order valence-electron chi connectivity index (χ0n) is 9.51. The van der Waals surface area contributed by atoms with Crippen molar-refractivity contribution in [3.05, 3.63) is 0 Å². The van der Waals surface area contributed by atoms with Gasteiger partial charge < -0.3 is 69.9 Å². The topological polar surface area (TPSA) is 346 Å². The largest absolute Gasteiger partial charge is 4.00 e. The van der Waals surface area contributed by atoms with Gasteiger partial charge in [0.1, 0.15) is 0 Å². The van der Waals surface area contributed by atoms with Gasteiger partial charge in [0.25, 0.3) is 0 Å². The molecule has 0 atom stereocenters. The SMILES string of the molecule is [K+].[O-][Cl+2]([O-])[O-].[O-][Cl+2]([O-])[O-].[O-][Cl+2]([O-])[O-].[O-][Cl+2]([O-])[O-].[O-][Cl+2]([O-])[O-].[Zr+4]. The average Bonchev–Trinajstić information content (AvgIpc) is 1.94. The minimum Gasteiger partial charge on any atom is -0.357 e. The summed E-state index contributed by atoms with van der Waals surface area (Å²) in [5.41, 5.74) is 0. The van der Waals surface area contributed by atoms with Crippen molar-refractivity contribution in [2.45, 2.75) is 0 Å². The summed E-state index contributed by atoms with van der Waals surface area (Å²) >= 11 is 0. The Morgan fingerprint density at radius 1 is 0.273 bits per heavy atom. The van der Waals surface area contributed by atoms with Crippen LogP contribution in [0.3, 0.4) is 0 Å². The molecular formula is Cl5KO15Zr. The molecule has 0 rings (SSSR count). The van der Waals surface area contributed by atoms with Crippen LogP contribution in [0.4, 0.5) is 0 Å². The zero-order valence-corrected chi connectivity index (χ0v) is 18.9. The Hall–Kier alpha value is 3.37. The smallest absolute Gasteiger partial charge is 0.357 e. The van der Waals surface area contributed by atoms with E-state index in [2.05, 4.69) is 0 Å². The van der Waals surface area contributed by atoms with Crippen molar-refractivity contribution < 1.29 is 201 Å². The first-order valence-corrected chi connectivity index (χ1v) is 6.94. The molecule has 130 valence electrons. The Bertz CT molecular complexity index is 86.5. The minimum atomic E-state index is -2.85. The van der Waals surface area contributed by atoms with Gasteiger partial charge in [-0.05, 0) is 0 Å². The quantitative estimate of drug-likeness (QED) is 0.254. The number of hydrogen-bond donors (Lipinski definition) is 0. The molecule has 0 aliphatic rings. The fourth-order valence-corrected chi connectivity index (χ4v) is 0. The number of hydrogen-bond acceptors (Lipinski definition) is 15. The second-order valence-corrected chi connectivity index (χ2v) is 2.83. The fraction of sp³-hybridized carbons (Fsp3) is 0. The van der Waals surface area contributed by atoms with Gasteiger partial charge in [-0.3, -0.25) is 0 Å². The van der Waals surface area contributed by atoms with E-state index in [0.717, 1.165) is 0 Å². The molecule has 0 radical (unpaired) electrons. The van der Waals surface area contributed by atoms with Crippen LogP contribution in [0.25, 0.3) is 0 Å². The van der Waals surface area contributed by atoms with Crippen LogP contribution in [0, 0.1) is 53.9 Å². The van der Waals surface area contributed by atoms with E-state index in [-0.39, 0.29) is 77.6 Å². The van der Waals surface area contributed by atoms with E-state index in [1.807, 2.05) is 0 Å². The molecule has 0 aliphatic heterocycles. The van der Waals surface area contributed by atoms with Crippen LogP contribution in [0.2, 0.25) is 0 Å². The molecule has 0 aromatic heterocycles. The van der Waals surface area contributed by atoms with Gasteiger partial charge in [-0.2, -0.15) is 0 Å². The molecule has 0 aromatic rings. The van der Waals surface area contributed by atoms with Crippen LogP contribution in [-0.4, -0.2) is 0 Å². The second kappa shape index (κ2) is 39.4. The Kier molecular flexibility index (Phi) is 80.0. The second-order valence-electron chi connectivity index (χ2n) is 0.945. The molecule has 15 nitrogen and oxygen atoms in total. The first-order valence-electron chi connectivity index (χ1n) is 2.31. The first-order chi connectivity index (χ1) is 8.66. The summed E-state index contributed by atoms with van der Waals surface area (Å²) in [6, 6.07) is 0. The van der Waals surface area contributed by atoms with E-state index in [4.69, 9.17) is 69.9 Å². The van der Waals surface area contributed by atoms with Gasteiger partial charge in [-0.1, -0.05) is 0 Å². The summed E-state index contributed by atoms with van der Waals surface area (Å²) in [6.07, 6.45) is 0. The van der Waals surface area contributed by atoms with Crippen molar-refractivity contribution in [1.82, 2.24) is 0 Å². The third kappa shape index (κ3) is 1030. The molecule has 0 saturated heterocycles. The molecule has 0 aliphatic carbocycles. The van der Waals surface area contributed by atoms with E-state index in [1.54, 1.807) is 0 Å². The summed E-state index contributed by atoms with van der Waals surface area (Å²) < 4.78 is 126. The van der Waals surface area contributed by atoms with E-state index in [9.17, 15) is 0 Å². The number of rotatable bonds is 0. The molecule has 0 spiro atoms. The van der Waals surface area contributed by atoms with Crippen molar-refractivity contribution in [2.24, 2.45) is 0 Å². The minimum absolute atomic E-state index is 0. The Morgan fingerprint density at radius 3 is 0.273 bits per heavy atom. The third-order valence-corrected chi connectivity index (χ3v) is 0. The van der Waals surface area contributed by atoms with Crippen LogP contribution in [-0.2, 0) is 26.2 Å². The molecule has 0 saturated carbocycles. The Morgan fingerprint density at radius 2 is 0.273 bits per heavy atom. The maximum atomic E-state index is 8.41. The molecule has 22 heteroatoms. The van der Waals surface area contributed by atoms with Crippen molar-refractivity contribution in [1.29, 1.82) is 0 Å². The molecule has 0 unspecified atom stereocenters. The summed E-state index contributed by atoms with van der Waals surface area (Å²) in [4.78, 5) is 0. The first kappa shape index (κ1) is 44.6. The predicted octanol–water partition coefficient (Wildman–Crippen LogP) is -20.8. The molecule has 0 bridgehead atoms. The van der Waals surface area contributed by atoms with Crippen molar-refractivity contribution in [3.63, 3.8) is 0 Å². The van der Waals surface area contributed by atoms with Gasteiger partial charge >= 0.3 is 77.6 Å². The Labute approximate surface area is 198 Å². The van der Waals surface area contributed by atoms with Crippen molar-refractivity contribution in [2.75, 3.05) is 0 Å². The van der Waals surface area contributed by atoms with Crippen LogP contribution in [0.5, 0.6) is 0 Å². The van der Waals surface area contributed by atoms with Crippen LogP contribution in [0.1, 0.15) is 0 Å². The third-order valence-electron chi connectivity index (χ3n) is 0. The van der Waals surface area contributed by atoms with Gasteiger partial charge in [0.2, 0.25) is 0 Å². The van der Waals surface area contributed by atoms with E-state index < -0.39 is 53.9 Å². The molecule has 0 amide bonds. The van der Waals surface area contributed by atoms with Gasteiger partial charge in [0.05, 0.1) is 53.9 Å².